The van der Waals surface area contributed by atoms with Crippen LogP contribution in [0.5, 0.6) is 0 Å². The number of para-hydroxylation sites is 2. The number of nitrogens with zero attached hydrogens (tertiary/aromatic N) is 1. The number of alkyl halides is 3. The lowest BCUT2D eigenvalue weighted by Gasteiger charge is -2.31. The van der Waals surface area contributed by atoms with E-state index in [0.717, 1.165) is 6.07 Å². The van der Waals surface area contributed by atoms with Crippen LogP contribution in [0.3, 0.4) is 0 Å². The summed E-state index contributed by atoms with van der Waals surface area (Å²) in [6.45, 7) is 0.801. The van der Waals surface area contributed by atoms with E-state index >= 15 is 0 Å². The highest BCUT2D eigenvalue weighted by Crippen LogP contribution is 2.38. The number of nitrogens with one attached hydrogen (secondary N) is 2. The van der Waals surface area contributed by atoms with Crippen molar-refractivity contribution in [1.82, 2.24) is 4.90 Å². The average molecular weight is 440 g/mol. The van der Waals surface area contributed by atoms with E-state index in [1.807, 2.05) is 18.2 Å². The molecule has 1 saturated heterocycles. The monoisotopic (exact) mass is 439 g/mol. The fraction of sp³-hybridized carbons (Fsp3) is 0.333. The Morgan fingerprint density at radius 3 is 2.50 bits per heavy atom. The third-order valence-corrected chi connectivity index (χ3v) is 5.18. The lowest BCUT2D eigenvalue weighted by atomic mass is 9.97. The molecule has 1 aliphatic rings. The maximum atomic E-state index is 13.2. The molecule has 0 aliphatic carbocycles. The number of hydrogen-bond donors (Lipinski definition) is 2. The molecule has 2 amide bonds. The summed E-state index contributed by atoms with van der Waals surface area (Å²) in [6.07, 6.45) is -3.25. The number of piperidine rings is 1. The summed E-state index contributed by atoms with van der Waals surface area (Å²) >= 11 is 5.88. The van der Waals surface area contributed by atoms with Gasteiger partial charge >= 0.3 is 6.18 Å². The number of amides is 2. The third kappa shape index (κ3) is 5.73. The first-order chi connectivity index (χ1) is 14.2. The Morgan fingerprint density at radius 2 is 1.80 bits per heavy atom. The Labute approximate surface area is 177 Å². The van der Waals surface area contributed by atoms with E-state index in [1.54, 1.807) is 17.0 Å². The number of halogens is 4. The molecule has 160 valence electrons. The van der Waals surface area contributed by atoms with Crippen molar-refractivity contribution in [1.29, 1.82) is 0 Å². The summed E-state index contributed by atoms with van der Waals surface area (Å²) in [7, 11) is 0. The molecule has 2 aromatic carbocycles. The van der Waals surface area contributed by atoms with Gasteiger partial charge in [-0.15, -0.1) is 0 Å². The lowest BCUT2D eigenvalue weighted by molar-refractivity contribution is -0.137. The SMILES string of the molecule is O=C(CN1CCCC(C(=O)Nc2ccccc2)C1)Nc1c(Cl)cccc1C(F)(F)F. The van der Waals surface area contributed by atoms with E-state index in [2.05, 4.69) is 10.6 Å². The maximum absolute atomic E-state index is 13.2. The van der Waals surface area contributed by atoms with Crippen molar-refractivity contribution in [2.45, 2.75) is 19.0 Å². The fourth-order valence-electron chi connectivity index (χ4n) is 3.45. The number of likely N-dealkylation sites (tertiary alicyclic amines) is 1. The maximum Gasteiger partial charge on any atom is 0.418 e. The number of anilines is 2. The van der Waals surface area contributed by atoms with E-state index in [4.69, 9.17) is 11.6 Å². The average Bonchev–Trinajstić information content (AvgIpc) is 2.69. The first-order valence-electron chi connectivity index (χ1n) is 9.48. The zero-order valence-corrected chi connectivity index (χ0v) is 16.8. The zero-order chi connectivity index (χ0) is 21.7. The van der Waals surface area contributed by atoms with Crippen molar-refractivity contribution >= 4 is 34.8 Å². The second-order valence-corrected chi connectivity index (χ2v) is 7.55. The zero-order valence-electron chi connectivity index (χ0n) is 16.0. The van der Waals surface area contributed by atoms with Crippen molar-refractivity contribution in [2.75, 3.05) is 30.3 Å². The molecule has 5 nitrogen and oxygen atoms in total. The van der Waals surface area contributed by atoms with Gasteiger partial charge in [-0.3, -0.25) is 14.5 Å². The molecule has 2 aromatic rings. The van der Waals surface area contributed by atoms with E-state index < -0.39 is 23.3 Å². The highest BCUT2D eigenvalue weighted by Gasteiger charge is 2.35. The molecular formula is C21H21ClF3N3O2. The molecule has 0 saturated carbocycles. The third-order valence-electron chi connectivity index (χ3n) is 4.87. The fourth-order valence-corrected chi connectivity index (χ4v) is 3.67. The van der Waals surface area contributed by atoms with Crippen molar-refractivity contribution in [3.63, 3.8) is 0 Å². The molecule has 30 heavy (non-hydrogen) atoms. The summed E-state index contributed by atoms with van der Waals surface area (Å²) in [5, 5.41) is 4.95. The minimum atomic E-state index is -4.64. The van der Waals surface area contributed by atoms with E-state index in [9.17, 15) is 22.8 Å². The van der Waals surface area contributed by atoms with Crippen LogP contribution < -0.4 is 10.6 Å². The molecule has 0 radical (unpaired) electrons. The van der Waals surface area contributed by atoms with Gasteiger partial charge in [-0.25, -0.2) is 0 Å². The lowest BCUT2D eigenvalue weighted by Crippen LogP contribution is -2.44. The van der Waals surface area contributed by atoms with Crippen LogP contribution in [0.4, 0.5) is 24.5 Å². The summed E-state index contributed by atoms with van der Waals surface area (Å²) in [4.78, 5) is 26.7. The van der Waals surface area contributed by atoms with Crippen molar-refractivity contribution in [3.05, 3.63) is 59.1 Å². The van der Waals surface area contributed by atoms with Crippen molar-refractivity contribution in [3.8, 4) is 0 Å². The molecule has 0 bridgehead atoms. The van der Waals surface area contributed by atoms with Crippen LogP contribution in [0.15, 0.2) is 48.5 Å². The quantitative estimate of drug-likeness (QED) is 0.713. The van der Waals surface area contributed by atoms with E-state index in [-0.39, 0.29) is 23.4 Å². The summed E-state index contributed by atoms with van der Waals surface area (Å²) in [5.74, 6) is -1.06. The minimum absolute atomic E-state index is 0.127. The largest absolute Gasteiger partial charge is 0.418 e. The smallest absolute Gasteiger partial charge is 0.326 e. The van der Waals surface area contributed by atoms with Gasteiger partial charge in [0.1, 0.15) is 0 Å². The van der Waals surface area contributed by atoms with Crippen LogP contribution in [0.25, 0.3) is 0 Å². The first-order valence-corrected chi connectivity index (χ1v) is 9.85. The molecule has 1 atom stereocenters. The van der Waals surface area contributed by atoms with Gasteiger partial charge in [0.2, 0.25) is 11.8 Å². The molecular weight excluding hydrogens is 419 g/mol. The van der Waals surface area contributed by atoms with Gasteiger partial charge in [-0.05, 0) is 43.7 Å². The standard InChI is InChI=1S/C21H21ClF3N3O2/c22-17-10-4-9-16(21(23,24)25)19(17)27-18(29)13-28-11-5-6-14(12-28)20(30)26-15-7-2-1-3-8-15/h1-4,7-10,14H,5-6,11-13H2,(H,26,30)(H,27,29). The van der Waals surface area contributed by atoms with Crippen molar-refractivity contribution < 1.29 is 22.8 Å². The van der Waals surface area contributed by atoms with Gasteiger partial charge in [0.05, 0.1) is 28.7 Å². The van der Waals surface area contributed by atoms with Crippen LogP contribution in [-0.2, 0) is 15.8 Å². The molecule has 0 spiro atoms. The molecule has 1 aliphatic heterocycles. The second-order valence-electron chi connectivity index (χ2n) is 7.14. The van der Waals surface area contributed by atoms with Crippen LogP contribution in [0.2, 0.25) is 5.02 Å². The highest BCUT2D eigenvalue weighted by molar-refractivity contribution is 6.34. The molecule has 2 N–H and O–H groups in total. The summed E-state index contributed by atoms with van der Waals surface area (Å²) in [5.41, 5.74) is -0.759. The Bertz CT molecular complexity index is 906. The van der Waals surface area contributed by atoms with Crippen LogP contribution in [-0.4, -0.2) is 36.3 Å². The number of carbonyl (C=O) groups is 2. The second kappa shape index (κ2) is 9.49. The molecule has 0 aromatic heterocycles. The first kappa shape index (κ1) is 22.1. The predicted octanol–water partition coefficient (Wildman–Crippen LogP) is 4.65. The van der Waals surface area contributed by atoms with Crippen LogP contribution >= 0.6 is 11.6 Å². The van der Waals surface area contributed by atoms with E-state index in [1.165, 1.54) is 12.1 Å². The topological polar surface area (TPSA) is 61.4 Å². The molecule has 3 rings (SSSR count). The van der Waals surface area contributed by atoms with Gasteiger partial charge in [0.25, 0.3) is 0 Å². The van der Waals surface area contributed by atoms with Gasteiger partial charge in [0.15, 0.2) is 0 Å². The van der Waals surface area contributed by atoms with Crippen LogP contribution in [0, 0.1) is 5.92 Å². The van der Waals surface area contributed by atoms with E-state index in [0.29, 0.717) is 31.6 Å². The van der Waals surface area contributed by atoms with Crippen molar-refractivity contribution in [2.24, 2.45) is 5.92 Å². The summed E-state index contributed by atoms with van der Waals surface area (Å²) in [6, 6.07) is 12.4. The number of rotatable bonds is 5. The highest BCUT2D eigenvalue weighted by atomic mass is 35.5. The molecule has 1 unspecified atom stereocenters. The molecule has 1 fully saturated rings. The Balaban J connectivity index is 1.60. The molecule has 9 heteroatoms. The Kier molecular flexibility index (Phi) is 6.99. The number of benzene rings is 2. The number of hydrogen-bond acceptors (Lipinski definition) is 3. The van der Waals surface area contributed by atoms with Crippen LogP contribution in [0.1, 0.15) is 18.4 Å². The number of carbonyl (C=O) groups excluding carboxylic acids is 2. The van der Waals surface area contributed by atoms with Gasteiger partial charge < -0.3 is 10.6 Å². The van der Waals surface area contributed by atoms with Gasteiger partial charge in [0, 0.05) is 12.2 Å². The normalized spacial score (nSPS) is 17.4. The summed E-state index contributed by atoms with van der Waals surface area (Å²) < 4.78 is 39.6. The Hall–Kier alpha value is -2.58. The van der Waals surface area contributed by atoms with Gasteiger partial charge in [-0.2, -0.15) is 13.2 Å². The predicted molar refractivity (Wildman–Crippen MR) is 109 cm³/mol. The van der Waals surface area contributed by atoms with Gasteiger partial charge in [-0.1, -0.05) is 35.9 Å². The minimum Gasteiger partial charge on any atom is -0.326 e. The Morgan fingerprint density at radius 1 is 1.07 bits per heavy atom. The molecule has 1 heterocycles.